The zero-order valence-corrected chi connectivity index (χ0v) is 22.7. The van der Waals surface area contributed by atoms with Gasteiger partial charge in [0.2, 0.25) is 0 Å². The Balaban J connectivity index is 1.89. The SMILES string of the molecule is CCC(C)Nc1cc(C(=O)N[C@@H](Cc2cc(F)cc(F)c2)[C@@H](O)C2CCCCN2)cc(NCS(C)(=O)=O)n1. The summed E-state index contributed by atoms with van der Waals surface area (Å²) in [5.41, 5.74) is 0.480. The van der Waals surface area contributed by atoms with Gasteiger partial charge in [-0.2, -0.15) is 0 Å². The van der Waals surface area contributed by atoms with E-state index in [4.69, 9.17) is 0 Å². The summed E-state index contributed by atoms with van der Waals surface area (Å²) in [5.74, 6) is -1.83. The Bertz CT molecular complexity index is 1190. The Morgan fingerprint density at radius 3 is 2.45 bits per heavy atom. The zero-order chi connectivity index (χ0) is 27.9. The van der Waals surface area contributed by atoms with Gasteiger partial charge in [-0.15, -0.1) is 0 Å². The molecule has 1 fully saturated rings. The molecule has 0 spiro atoms. The first-order chi connectivity index (χ1) is 17.9. The van der Waals surface area contributed by atoms with Crippen LogP contribution >= 0.6 is 0 Å². The second kappa shape index (κ2) is 13.3. The average Bonchev–Trinajstić information content (AvgIpc) is 2.86. The number of hydrogen-bond acceptors (Lipinski definition) is 8. The van der Waals surface area contributed by atoms with Crippen molar-refractivity contribution in [3.8, 4) is 0 Å². The van der Waals surface area contributed by atoms with E-state index >= 15 is 0 Å². The number of sulfone groups is 1. The first kappa shape index (κ1) is 29.7. The molecule has 1 aromatic heterocycles. The Hall–Kier alpha value is -2.83. The second-order valence-electron chi connectivity index (χ2n) is 9.94. The topological polar surface area (TPSA) is 132 Å². The van der Waals surface area contributed by atoms with Crippen LogP contribution in [-0.2, 0) is 16.3 Å². The van der Waals surface area contributed by atoms with Gasteiger partial charge < -0.3 is 26.4 Å². The van der Waals surface area contributed by atoms with Crippen molar-refractivity contribution in [1.82, 2.24) is 15.6 Å². The van der Waals surface area contributed by atoms with E-state index in [1.54, 1.807) is 0 Å². The third-order valence-electron chi connectivity index (χ3n) is 6.48. The maximum Gasteiger partial charge on any atom is 0.251 e. The number of benzene rings is 1. The Morgan fingerprint density at radius 2 is 1.84 bits per heavy atom. The van der Waals surface area contributed by atoms with Crippen molar-refractivity contribution in [3.63, 3.8) is 0 Å². The van der Waals surface area contributed by atoms with Gasteiger partial charge in [0.15, 0.2) is 9.84 Å². The van der Waals surface area contributed by atoms with Gasteiger partial charge in [0.25, 0.3) is 5.91 Å². The van der Waals surface area contributed by atoms with Crippen LogP contribution in [-0.4, -0.2) is 67.3 Å². The Labute approximate surface area is 222 Å². The van der Waals surface area contributed by atoms with Crippen molar-refractivity contribution < 1.29 is 27.1 Å². The standard InChI is InChI=1S/C26H37F2N5O4S/c1-4-16(2)31-24-13-18(12-23(33-24)30-15-38(3,36)37)26(35)32-22(25(34)21-7-5-6-8-29-21)11-17-9-19(27)14-20(28)10-17/h9-10,12-14,16,21-22,25,29,34H,4-8,11,15H2,1-3H3,(H,32,35)(H2,30,31,33)/t16?,21?,22-,25-/m0/s1. The quantitative estimate of drug-likeness (QED) is 0.271. The number of rotatable bonds is 12. The number of hydrogen-bond donors (Lipinski definition) is 5. The summed E-state index contributed by atoms with van der Waals surface area (Å²) in [6, 6.07) is 4.98. The molecule has 0 bridgehead atoms. The van der Waals surface area contributed by atoms with Gasteiger partial charge in [-0.3, -0.25) is 4.79 Å². The number of amides is 1. The summed E-state index contributed by atoms with van der Waals surface area (Å²) >= 11 is 0. The Morgan fingerprint density at radius 1 is 1.16 bits per heavy atom. The van der Waals surface area contributed by atoms with E-state index in [0.29, 0.717) is 17.8 Å². The van der Waals surface area contributed by atoms with Crippen LogP contribution in [0.3, 0.4) is 0 Å². The molecule has 0 radical (unpaired) electrons. The third kappa shape index (κ3) is 9.17. The lowest BCUT2D eigenvalue weighted by atomic mass is 9.91. The lowest BCUT2D eigenvalue weighted by Gasteiger charge is -2.33. The number of nitrogens with zero attached hydrogens (tertiary/aromatic N) is 1. The van der Waals surface area contributed by atoms with Crippen LogP contribution in [0, 0.1) is 11.6 Å². The van der Waals surface area contributed by atoms with Gasteiger partial charge in [0.05, 0.1) is 12.1 Å². The van der Waals surface area contributed by atoms with Crippen molar-refractivity contribution in [3.05, 3.63) is 53.1 Å². The molecule has 2 aromatic rings. The van der Waals surface area contributed by atoms with E-state index in [1.807, 2.05) is 13.8 Å². The number of pyridine rings is 1. The molecule has 1 saturated heterocycles. The number of anilines is 2. The molecule has 1 aliphatic heterocycles. The highest BCUT2D eigenvalue weighted by molar-refractivity contribution is 7.90. The molecule has 5 N–H and O–H groups in total. The molecule has 9 nitrogen and oxygen atoms in total. The van der Waals surface area contributed by atoms with E-state index in [1.165, 1.54) is 24.3 Å². The van der Waals surface area contributed by atoms with Crippen LogP contribution in [0.4, 0.5) is 20.4 Å². The van der Waals surface area contributed by atoms with E-state index in [0.717, 1.165) is 38.1 Å². The van der Waals surface area contributed by atoms with Crippen LogP contribution in [0.15, 0.2) is 30.3 Å². The molecule has 2 unspecified atom stereocenters. The summed E-state index contributed by atoms with van der Waals surface area (Å²) in [6.45, 7) is 4.65. The first-order valence-corrected chi connectivity index (χ1v) is 14.9. The van der Waals surface area contributed by atoms with Crippen LogP contribution in [0.25, 0.3) is 0 Å². The van der Waals surface area contributed by atoms with Gasteiger partial charge in [-0.05, 0) is 69.0 Å². The largest absolute Gasteiger partial charge is 0.389 e. The number of carbonyl (C=O) groups is 1. The maximum absolute atomic E-state index is 13.9. The Kier molecular flexibility index (Phi) is 10.4. The van der Waals surface area contributed by atoms with E-state index in [9.17, 15) is 27.1 Å². The van der Waals surface area contributed by atoms with Crippen LogP contribution in [0.5, 0.6) is 0 Å². The predicted octanol–water partition coefficient (Wildman–Crippen LogP) is 2.83. The number of halogens is 2. The summed E-state index contributed by atoms with van der Waals surface area (Å²) < 4.78 is 51.1. The van der Waals surface area contributed by atoms with Crippen LogP contribution in [0.2, 0.25) is 0 Å². The molecular formula is C26H37F2N5O4S. The molecule has 38 heavy (non-hydrogen) atoms. The number of carbonyl (C=O) groups excluding carboxylic acids is 1. The van der Waals surface area contributed by atoms with Gasteiger partial charge in [0, 0.05) is 30.0 Å². The predicted molar refractivity (Wildman–Crippen MR) is 144 cm³/mol. The fourth-order valence-corrected chi connectivity index (χ4v) is 4.74. The first-order valence-electron chi connectivity index (χ1n) is 12.8. The minimum Gasteiger partial charge on any atom is -0.389 e. The summed E-state index contributed by atoms with van der Waals surface area (Å²) in [6.07, 6.45) is 3.43. The molecule has 12 heteroatoms. The third-order valence-corrected chi connectivity index (χ3v) is 7.15. The highest BCUT2D eigenvalue weighted by Gasteiger charge is 2.31. The molecule has 3 rings (SSSR count). The van der Waals surface area contributed by atoms with Gasteiger partial charge in [0.1, 0.15) is 29.1 Å². The van der Waals surface area contributed by atoms with Crippen molar-refractivity contribution in [1.29, 1.82) is 0 Å². The molecule has 0 saturated carbocycles. The molecule has 4 atom stereocenters. The second-order valence-corrected chi connectivity index (χ2v) is 12.1. The minimum atomic E-state index is -3.35. The number of aliphatic hydroxyl groups is 1. The van der Waals surface area contributed by atoms with Crippen molar-refractivity contribution in [2.24, 2.45) is 0 Å². The summed E-state index contributed by atoms with van der Waals surface area (Å²) in [4.78, 5) is 17.8. The van der Waals surface area contributed by atoms with E-state index in [2.05, 4.69) is 26.3 Å². The highest BCUT2D eigenvalue weighted by atomic mass is 32.2. The van der Waals surface area contributed by atoms with Crippen molar-refractivity contribution in [2.75, 3.05) is 29.3 Å². The van der Waals surface area contributed by atoms with E-state index < -0.39 is 39.5 Å². The van der Waals surface area contributed by atoms with E-state index in [-0.39, 0.29) is 35.8 Å². The fraction of sp³-hybridized carbons (Fsp3) is 0.538. The highest BCUT2D eigenvalue weighted by Crippen LogP contribution is 2.20. The maximum atomic E-state index is 13.9. The molecule has 0 aliphatic carbocycles. The lowest BCUT2D eigenvalue weighted by molar-refractivity contribution is 0.0646. The molecule has 1 amide bonds. The monoisotopic (exact) mass is 553 g/mol. The van der Waals surface area contributed by atoms with Crippen LogP contribution < -0.4 is 21.3 Å². The summed E-state index contributed by atoms with van der Waals surface area (Å²) in [5, 5.41) is 23.2. The normalized spacial score (nSPS) is 18.3. The summed E-state index contributed by atoms with van der Waals surface area (Å²) in [7, 11) is -3.35. The molecule has 1 aliphatic rings. The number of aliphatic hydroxyl groups excluding tert-OH is 1. The van der Waals surface area contributed by atoms with Gasteiger partial charge >= 0.3 is 0 Å². The minimum absolute atomic E-state index is 0.00200. The smallest absolute Gasteiger partial charge is 0.251 e. The fourth-order valence-electron chi connectivity index (χ4n) is 4.33. The molecule has 210 valence electrons. The van der Waals surface area contributed by atoms with Crippen molar-refractivity contribution >= 4 is 27.4 Å². The number of nitrogens with one attached hydrogen (secondary N) is 4. The van der Waals surface area contributed by atoms with Gasteiger partial charge in [-0.25, -0.2) is 22.2 Å². The average molecular weight is 554 g/mol. The number of piperidine rings is 1. The molecule has 1 aromatic carbocycles. The lowest BCUT2D eigenvalue weighted by Crippen LogP contribution is -2.55. The van der Waals surface area contributed by atoms with Crippen LogP contribution in [0.1, 0.15) is 55.5 Å². The number of aromatic nitrogens is 1. The van der Waals surface area contributed by atoms with Crippen molar-refractivity contribution in [2.45, 2.75) is 70.2 Å². The van der Waals surface area contributed by atoms with Gasteiger partial charge in [-0.1, -0.05) is 13.3 Å². The molecule has 2 heterocycles. The molecular weight excluding hydrogens is 516 g/mol. The zero-order valence-electron chi connectivity index (χ0n) is 21.9.